The standard InChI is InChI=1S/C32H30O4/c1-23-7-11-25(12-8-23)27-15-19-29(20-16-27)35-31(33)5-3-4-6-32(34)36-30-21-17-28(18-22-30)26-13-9-24(2)10-14-26/h7-22H,3-6H2,1-2H3. The summed E-state index contributed by atoms with van der Waals surface area (Å²) in [6.07, 6.45) is 1.61. The first-order valence-electron chi connectivity index (χ1n) is 12.2. The average molecular weight is 479 g/mol. The number of esters is 2. The normalized spacial score (nSPS) is 10.6. The lowest BCUT2D eigenvalue weighted by Crippen LogP contribution is -2.10. The molecule has 0 spiro atoms. The smallest absolute Gasteiger partial charge is 0.311 e. The molecule has 0 heterocycles. The Morgan fingerprint density at radius 3 is 1.06 bits per heavy atom. The van der Waals surface area contributed by atoms with Crippen LogP contribution >= 0.6 is 0 Å². The first kappa shape index (κ1) is 24.9. The van der Waals surface area contributed by atoms with Gasteiger partial charge in [0.2, 0.25) is 0 Å². The predicted molar refractivity (Wildman–Crippen MR) is 143 cm³/mol. The molecule has 0 bridgehead atoms. The number of carbonyl (C=O) groups excluding carboxylic acids is 2. The molecule has 0 aliphatic rings. The highest BCUT2D eigenvalue weighted by Crippen LogP contribution is 2.24. The van der Waals surface area contributed by atoms with Crippen LogP contribution in [0.1, 0.15) is 36.8 Å². The van der Waals surface area contributed by atoms with Crippen molar-refractivity contribution in [1.29, 1.82) is 0 Å². The van der Waals surface area contributed by atoms with Crippen LogP contribution in [-0.2, 0) is 9.59 Å². The van der Waals surface area contributed by atoms with E-state index in [2.05, 4.69) is 62.4 Å². The van der Waals surface area contributed by atoms with Crippen LogP contribution in [0, 0.1) is 13.8 Å². The van der Waals surface area contributed by atoms with Crippen LogP contribution in [0.4, 0.5) is 0 Å². The van der Waals surface area contributed by atoms with E-state index in [1.807, 2.05) is 24.3 Å². The minimum Gasteiger partial charge on any atom is -0.427 e. The monoisotopic (exact) mass is 478 g/mol. The van der Waals surface area contributed by atoms with Crippen LogP contribution < -0.4 is 9.47 Å². The first-order chi connectivity index (χ1) is 17.5. The van der Waals surface area contributed by atoms with Gasteiger partial charge in [-0.2, -0.15) is 0 Å². The topological polar surface area (TPSA) is 52.6 Å². The number of unbranched alkanes of at least 4 members (excludes halogenated alkanes) is 1. The van der Waals surface area contributed by atoms with Crippen molar-refractivity contribution in [1.82, 2.24) is 0 Å². The third-order valence-corrected chi connectivity index (χ3v) is 5.95. The van der Waals surface area contributed by atoms with Gasteiger partial charge in [-0.1, -0.05) is 83.9 Å². The molecule has 0 fully saturated rings. The quantitative estimate of drug-likeness (QED) is 0.140. The van der Waals surface area contributed by atoms with E-state index >= 15 is 0 Å². The second kappa shape index (κ2) is 12.0. The van der Waals surface area contributed by atoms with Gasteiger partial charge in [-0.05, 0) is 73.2 Å². The highest BCUT2D eigenvalue weighted by Gasteiger charge is 2.09. The molecule has 0 atom stereocenters. The Labute approximate surface area is 212 Å². The molecular formula is C32H30O4. The lowest BCUT2D eigenvalue weighted by molar-refractivity contribution is -0.136. The van der Waals surface area contributed by atoms with Gasteiger partial charge in [0.25, 0.3) is 0 Å². The first-order valence-corrected chi connectivity index (χ1v) is 12.2. The van der Waals surface area contributed by atoms with E-state index < -0.39 is 0 Å². The summed E-state index contributed by atoms with van der Waals surface area (Å²) < 4.78 is 10.9. The molecule has 0 amide bonds. The van der Waals surface area contributed by atoms with Gasteiger partial charge in [-0.25, -0.2) is 0 Å². The van der Waals surface area contributed by atoms with Crippen LogP contribution in [-0.4, -0.2) is 11.9 Å². The molecule has 0 radical (unpaired) electrons. The maximum absolute atomic E-state index is 12.2. The molecule has 4 rings (SSSR count). The second-order valence-corrected chi connectivity index (χ2v) is 8.94. The van der Waals surface area contributed by atoms with Crippen molar-refractivity contribution in [2.24, 2.45) is 0 Å². The van der Waals surface area contributed by atoms with Gasteiger partial charge in [-0.15, -0.1) is 0 Å². The Kier molecular flexibility index (Phi) is 8.30. The Balaban J connectivity index is 1.16. The molecule has 0 aliphatic carbocycles. The second-order valence-electron chi connectivity index (χ2n) is 8.94. The van der Waals surface area contributed by atoms with Crippen molar-refractivity contribution < 1.29 is 19.1 Å². The minimum absolute atomic E-state index is 0.248. The minimum atomic E-state index is -0.307. The number of hydrogen-bond acceptors (Lipinski definition) is 4. The molecule has 0 N–H and O–H groups in total. The molecule has 0 aliphatic heterocycles. The Morgan fingerprint density at radius 1 is 0.472 bits per heavy atom. The number of ether oxygens (including phenoxy) is 2. The Hall–Kier alpha value is -4.18. The van der Waals surface area contributed by atoms with Gasteiger partial charge in [0, 0.05) is 12.8 Å². The zero-order valence-corrected chi connectivity index (χ0v) is 20.7. The SMILES string of the molecule is Cc1ccc(-c2ccc(OC(=O)CCCCC(=O)Oc3ccc(-c4ccc(C)cc4)cc3)cc2)cc1. The summed E-state index contributed by atoms with van der Waals surface area (Å²) in [4.78, 5) is 24.3. The van der Waals surface area contributed by atoms with Crippen LogP contribution in [0.15, 0.2) is 97.1 Å². The number of aryl methyl sites for hydroxylation is 2. The lowest BCUT2D eigenvalue weighted by atomic mass is 10.0. The highest BCUT2D eigenvalue weighted by molar-refractivity contribution is 5.74. The van der Waals surface area contributed by atoms with Crippen molar-refractivity contribution in [2.75, 3.05) is 0 Å². The molecule has 4 aromatic carbocycles. The summed E-state index contributed by atoms with van der Waals surface area (Å²) in [7, 11) is 0. The maximum Gasteiger partial charge on any atom is 0.311 e. The van der Waals surface area contributed by atoms with Crippen molar-refractivity contribution in [2.45, 2.75) is 39.5 Å². The molecule has 4 heteroatoms. The van der Waals surface area contributed by atoms with Gasteiger partial charge in [0.1, 0.15) is 11.5 Å². The number of carbonyl (C=O) groups is 2. The molecule has 4 aromatic rings. The fourth-order valence-electron chi connectivity index (χ4n) is 3.83. The fourth-order valence-corrected chi connectivity index (χ4v) is 3.83. The van der Waals surface area contributed by atoms with Crippen LogP contribution in [0.5, 0.6) is 11.5 Å². The zero-order chi connectivity index (χ0) is 25.3. The van der Waals surface area contributed by atoms with Crippen molar-refractivity contribution >= 4 is 11.9 Å². The average Bonchev–Trinajstić information content (AvgIpc) is 2.89. The van der Waals surface area contributed by atoms with Crippen LogP contribution in [0.2, 0.25) is 0 Å². The summed E-state index contributed by atoms with van der Waals surface area (Å²) >= 11 is 0. The molecule has 0 saturated heterocycles. The van der Waals surface area contributed by atoms with Crippen molar-refractivity contribution in [3.8, 4) is 33.8 Å². The fraction of sp³-hybridized carbons (Fsp3) is 0.188. The third kappa shape index (κ3) is 7.16. The molecular weight excluding hydrogens is 448 g/mol. The highest BCUT2D eigenvalue weighted by atomic mass is 16.5. The van der Waals surface area contributed by atoms with E-state index in [4.69, 9.17) is 9.47 Å². The summed E-state index contributed by atoms with van der Waals surface area (Å²) in [5.74, 6) is 0.421. The molecule has 182 valence electrons. The van der Waals surface area contributed by atoms with Gasteiger partial charge in [0.05, 0.1) is 0 Å². The Morgan fingerprint density at radius 2 is 0.750 bits per heavy atom. The van der Waals surface area contributed by atoms with Gasteiger partial charge in [0.15, 0.2) is 0 Å². The number of hydrogen-bond donors (Lipinski definition) is 0. The van der Waals surface area contributed by atoms with Crippen LogP contribution in [0.3, 0.4) is 0 Å². The summed E-state index contributed by atoms with van der Waals surface area (Å²) in [5, 5.41) is 0. The largest absolute Gasteiger partial charge is 0.427 e. The van der Waals surface area contributed by atoms with Gasteiger partial charge < -0.3 is 9.47 Å². The van der Waals surface area contributed by atoms with Crippen molar-refractivity contribution in [3.05, 3.63) is 108 Å². The molecule has 0 aromatic heterocycles. The molecule has 4 nitrogen and oxygen atoms in total. The van der Waals surface area contributed by atoms with E-state index in [0.717, 1.165) is 22.3 Å². The molecule has 0 saturated carbocycles. The zero-order valence-electron chi connectivity index (χ0n) is 20.7. The predicted octanol–water partition coefficient (Wildman–Crippen LogP) is 7.71. The van der Waals surface area contributed by atoms with Gasteiger partial charge in [-0.3, -0.25) is 9.59 Å². The third-order valence-electron chi connectivity index (χ3n) is 5.95. The maximum atomic E-state index is 12.2. The van der Waals surface area contributed by atoms with E-state index in [9.17, 15) is 9.59 Å². The van der Waals surface area contributed by atoms with Crippen LogP contribution in [0.25, 0.3) is 22.3 Å². The summed E-state index contributed by atoms with van der Waals surface area (Å²) in [6.45, 7) is 4.11. The summed E-state index contributed by atoms with van der Waals surface area (Å²) in [5.41, 5.74) is 6.80. The van der Waals surface area contributed by atoms with Crippen molar-refractivity contribution in [3.63, 3.8) is 0 Å². The van der Waals surface area contributed by atoms with E-state index in [1.54, 1.807) is 24.3 Å². The summed E-state index contributed by atoms with van der Waals surface area (Å²) in [6, 6.07) is 31.5. The molecule has 36 heavy (non-hydrogen) atoms. The van der Waals surface area contributed by atoms with Gasteiger partial charge >= 0.3 is 11.9 Å². The Bertz CT molecular complexity index is 1180. The lowest BCUT2D eigenvalue weighted by Gasteiger charge is -2.07. The molecule has 0 unspecified atom stereocenters. The number of rotatable bonds is 9. The number of benzene rings is 4. The van der Waals surface area contributed by atoms with E-state index in [1.165, 1.54) is 11.1 Å². The van der Waals surface area contributed by atoms with E-state index in [0.29, 0.717) is 24.3 Å². The van der Waals surface area contributed by atoms with E-state index in [-0.39, 0.29) is 24.8 Å².